The van der Waals surface area contributed by atoms with E-state index < -0.39 is 17.7 Å². The molecule has 1 atom stereocenters. The first-order valence-electron chi connectivity index (χ1n) is 25.6. The van der Waals surface area contributed by atoms with Crippen LogP contribution in [-0.4, -0.2) is 108 Å². The monoisotopic (exact) mass is 1300 g/mol. The number of aromatic nitrogens is 7. The van der Waals surface area contributed by atoms with E-state index in [1.165, 1.54) is 48.4 Å². The highest BCUT2D eigenvalue weighted by Gasteiger charge is 2.20. The summed E-state index contributed by atoms with van der Waals surface area (Å²) in [6, 6.07) is 32.5. The number of benzene rings is 4. The molecule has 2 fully saturated rings. The number of thiophene rings is 1. The molecule has 0 spiro atoms. The van der Waals surface area contributed by atoms with Crippen molar-refractivity contribution in [3.05, 3.63) is 163 Å². The summed E-state index contributed by atoms with van der Waals surface area (Å²) in [7, 11) is 0. The quantitative estimate of drug-likeness (QED) is 0.0641. The van der Waals surface area contributed by atoms with Crippen molar-refractivity contribution >= 4 is 151 Å². The largest absolute Gasteiger partial charge is 0.477 e. The molecule has 0 radical (unpaired) electrons. The minimum Gasteiger partial charge on any atom is -0.477 e. The number of aromatic carboxylic acids is 1. The Labute approximate surface area is 506 Å². The Bertz CT molecular complexity index is 3530. The summed E-state index contributed by atoms with van der Waals surface area (Å²) < 4.78 is 14.5. The lowest BCUT2D eigenvalue weighted by molar-refractivity contribution is 0.0522. The average molecular weight is 1300 g/mol. The number of halogens is 4. The molecule has 9 aromatic rings. The summed E-state index contributed by atoms with van der Waals surface area (Å²) in [4.78, 5) is 57.3. The van der Waals surface area contributed by atoms with Gasteiger partial charge in [0.25, 0.3) is 0 Å². The highest BCUT2D eigenvalue weighted by atomic mass is 79.9. The number of nitrogens with two attached hydrogens (primary N) is 1. The number of allylic oxidation sites excluding steroid dienone is 1. The minimum atomic E-state index is -0.864. The smallest absolute Gasteiger partial charge is 0.435 e. The Hall–Kier alpha value is -6.95. The van der Waals surface area contributed by atoms with Crippen molar-refractivity contribution in [2.45, 2.75) is 72.4 Å². The number of aromatic amines is 1. The number of ketones is 1. The molecular weight excluding hydrogens is 1240 g/mol. The number of Topliss-reactive ketones (excluding diaryl/α,β-unsaturated/α-hetero) is 1. The van der Waals surface area contributed by atoms with Crippen LogP contribution in [0.15, 0.2) is 142 Å². The number of hydrogen-bond acceptors (Lipinski definition) is 16. The molecule has 0 aliphatic carbocycles. The second-order valence-corrected chi connectivity index (χ2v) is 22.8. The number of anilines is 4. The fourth-order valence-corrected chi connectivity index (χ4v) is 9.82. The molecule has 7 N–H and O–H groups in total. The molecule has 0 amide bonds. The lowest BCUT2D eigenvalue weighted by atomic mass is 10.1. The maximum atomic E-state index is 12.2. The third kappa shape index (κ3) is 20.5. The number of piperidine rings is 1. The van der Waals surface area contributed by atoms with Crippen molar-refractivity contribution in [2.24, 2.45) is 10.7 Å². The molecule has 1 unspecified atom stereocenters. The van der Waals surface area contributed by atoms with Crippen LogP contribution in [0.2, 0.25) is 10.6 Å². The molecule has 0 saturated carbocycles. The van der Waals surface area contributed by atoms with Gasteiger partial charge in [0.05, 0.1) is 30.6 Å². The van der Waals surface area contributed by atoms with Crippen LogP contribution in [0.1, 0.15) is 86.5 Å². The molecule has 5 aromatic heterocycles. The van der Waals surface area contributed by atoms with Crippen LogP contribution in [0, 0.1) is 0 Å². The zero-order valence-electron chi connectivity index (χ0n) is 44.8. The average Bonchev–Trinajstić information content (AvgIpc) is 4.37. The van der Waals surface area contributed by atoms with Crippen molar-refractivity contribution in [3.63, 3.8) is 0 Å². The van der Waals surface area contributed by atoms with E-state index in [2.05, 4.69) is 88.9 Å². The Morgan fingerprint density at radius 3 is 2.00 bits per heavy atom. The first kappa shape index (κ1) is 64.2. The van der Waals surface area contributed by atoms with E-state index in [0.717, 1.165) is 84.0 Å². The van der Waals surface area contributed by atoms with Gasteiger partial charge in [-0.15, -0.1) is 11.3 Å². The summed E-state index contributed by atoms with van der Waals surface area (Å²) in [5.74, 6) is 0.452. The van der Waals surface area contributed by atoms with Gasteiger partial charge >= 0.3 is 12.1 Å². The van der Waals surface area contributed by atoms with Gasteiger partial charge in [-0.3, -0.25) is 9.79 Å². The topological polar surface area (TPSA) is 250 Å². The molecule has 3 aliphatic rings. The summed E-state index contributed by atoms with van der Waals surface area (Å²) in [5.41, 5.74) is 11.2. The van der Waals surface area contributed by atoms with Gasteiger partial charge < -0.3 is 41.2 Å². The second-order valence-electron chi connectivity index (χ2n) is 19.2. The van der Waals surface area contributed by atoms with E-state index in [4.69, 9.17) is 43.5 Å². The number of nitrogens with zero attached hydrogens (tertiary/aromatic N) is 7. The van der Waals surface area contributed by atoms with Crippen LogP contribution in [0.4, 0.5) is 27.8 Å². The standard InChI is InChI=1S/C16H16ClN5O2.C14H11ClN4.C10H8BrNO.C9H5BrO2S.C5H11N.C4H9NO.CH4/c1-16(2,3)24-15(23)22-12-5-4-11(8-10(12)9-19-22)20-13-6-7-18-14(17)21-13;15-14-17-8-6-13(19-14)18-12-3-1-10(2-4-12)11-5-7-16-9-11;1-6(13)9-4-7-2-3-8(11)5-10(7)12-9;10-6-2-1-5-3-8(9(11)12)13-7(5)4-6;1-2-4-6-5-3-1;5-4-1-2-6-3-4;/h4-9H,1-3H3,(H,18,20,21);1-6,8-9H,7H2,(H,17,18,19);2-5,12H,1H3;1-4H,(H,11,12);6H,1-5H2;4H,1-3,5H2;1H4. The highest BCUT2D eigenvalue weighted by molar-refractivity contribution is 9.10. The van der Waals surface area contributed by atoms with Crippen molar-refractivity contribution in [3.8, 4) is 0 Å². The van der Waals surface area contributed by atoms with E-state index in [1.807, 2.05) is 106 Å². The predicted molar refractivity (Wildman–Crippen MR) is 339 cm³/mol. The Balaban J connectivity index is 0.000000167. The zero-order chi connectivity index (χ0) is 57.9. The summed E-state index contributed by atoms with van der Waals surface area (Å²) >= 11 is 19.5. The minimum absolute atomic E-state index is 0. The number of carbonyl (C=O) groups is 3. The molecule has 12 rings (SSSR count). The molecule has 4 aromatic carbocycles. The molecule has 23 heteroatoms. The fraction of sp³-hybridized carbons (Fsp3) is 0.271. The van der Waals surface area contributed by atoms with Gasteiger partial charge in [0.1, 0.15) is 22.1 Å². The fourth-order valence-electron chi connectivity index (χ4n) is 7.71. The Kier molecular flexibility index (Phi) is 24.6. The van der Waals surface area contributed by atoms with Gasteiger partial charge in [-0.2, -0.15) is 9.78 Å². The number of hydrogen-bond donors (Lipinski definition) is 6. The molecule has 82 heavy (non-hydrogen) atoms. The molecule has 2 saturated heterocycles. The second kappa shape index (κ2) is 31.5. The van der Waals surface area contributed by atoms with Crippen LogP contribution in [-0.2, 0) is 9.47 Å². The van der Waals surface area contributed by atoms with E-state index in [0.29, 0.717) is 33.8 Å². The van der Waals surface area contributed by atoms with Crippen LogP contribution < -0.4 is 21.7 Å². The third-order valence-electron chi connectivity index (χ3n) is 11.6. The molecule has 0 bridgehead atoms. The maximum absolute atomic E-state index is 12.2. The van der Waals surface area contributed by atoms with Crippen molar-refractivity contribution in [1.82, 2.24) is 40.0 Å². The summed E-state index contributed by atoms with van der Waals surface area (Å²) in [6.45, 7) is 11.9. The third-order valence-corrected chi connectivity index (χ3v) is 14.1. The normalized spacial score (nSPS) is 14.1. The van der Waals surface area contributed by atoms with Crippen LogP contribution in [0.25, 0.3) is 37.5 Å². The number of aliphatic imine (C=N–C) groups is 1. The SMILES string of the molecule is C.C1CCNCC1.CC(=O)c1cc2ccc(Br)cc2[nH]1.CC(C)(C)OC(=O)n1ncc2cc(Nc3ccnc(Cl)n3)ccc21.Clc1nccc(Nc2ccc(C3=CCN=C3)cc2)n1.NC1CCOC1.O=C(O)c1cc2ccc(Br)cc2s1. The van der Waals surface area contributed by atoms with Gasteiger partial charge in [-0.1, -0.05) is 76.0 Å². The molecule has 3 aliphatic heterocycles. The van der Waals surface area contributed by atoms with Crippen LogP contribution in [0.5, 0.6) is 0 Å². The summed E-state index contributed by atoms with van der Waals surface area (Å²) in [5, 5.41) is 25.7. The van der Waals surface area contributed by atoms with Crippen molar-refractivity contribution in [2.75, 3.05) is 43.5 Å². The number of H-pyrrole nitrogens is 1. The highest BCUT2D eigenvalue weighted by Crippen LogP contribution is 2.29. The van der Waals surface area contributed by atoms with E-state index in [1.54, 1.807) is 49.8 Å². The van der Waals surface area contributed by atoms with Crippen molar-refractivity contribution < 1.29 is 29.0 Å². The van der Waals surface area contributed by atoms with Gasteiger partial charge in [0.2, 0.25) is 10.6 Å². The van der Waals surface area contributed by atoms with E-state index in [9.17, 15) is 14.4 Å². The number of carboxylic acids is 1. The van der Waals surface area contributed by atoms with Crippen LogP contribution >= 0.6 is 66.4 Å². The number of ether oxygens (including phenoxy) is 2. The number of fused-ring (bicyclic) bond motifs is 3. The number of nitrogens with one attached hydrogen (secondary N) is 4. The first-order valence-corrected chi connectivity index (χ1v) is 28.8. The predicted octanol–water partition coefficient (Wildman–Crippen LogP) is 15.0. The number of carbonyl (C=O) groups excluding carboxylic acids is 2. The molecular formula is C59H64Br2Cl2N12O6S. The Morgan fingerprint density at radius 2 is 1.46 bits per heavy atom. The van der Waals surface area contributed by atoms with Gasteiger partial charge in [-0.25, -0.2) is 29.5 Å². The van der Waals surface area contributed by atoms with E-state index >= 15 is 0 Å². The zero-order valence-corrected chi connectivity index (χ0v) is 50.3. The van der Waals surface area contributed by atoms with Crippen LogP contribution in [0.3, 0.4) is 0 Å². The number of carboxylic acid groups (broad SMARTS) is 1. The molecule has 430 valence electrons. The van der Waals surface area contributed by atoms with Gasteiger partial charge in [0, 0.05) is 79.5 Å². The first-order chi connectivity index (χ1) is 38.8. The lowest BCUT2D eigenvalue weighted by Crippen LogP contribution is -2.27. The number of rotatable bonds is 7. The molecule has 8 heterocycles. The van der Waals surface area contributed by atoms with Crippen molar-refractivity contribution in [1.29, 1.82) is 0 Å². The summed E-state index contributed by atoms with van der Waals surface area (Å²) in [6.07, 6.45) is 13.5. The van der Waals surface area contributed by atoms with E-state index in [-0.39, 0.29) is 23.8 Å². The lowest BCUT2D eigenvalue weighted by Gasteiger charge is -2.19. The molecule has 18 nitrogen and oxygen atoms in total. The van der Waals surface area contributed by atoms with Gasteiger partial charge in [-0.05, 0) is 172 Å². The maximum Gasteiger partial charge on any atom is 0.435 e. The Morgan fingerprint density at radius 1 is 0.817 bits per heavy atom. The van der Waals surface area contributed by atoms with Gasteiger partial charge in [0.15, 0.2) is 5.78 Å².